The molecule has 0 heterocycles. The molecule has 1 saturated carbocycles. The van der Waals surface area contributed by atoms with E-state index in [0.29, 0.717) is 19.1 Å². The van der Waals surface area contributed by atoms with Crippen LogP contribution in [0, 0.1) is 0 Å². The van der Waals surface area contributed by atoms with E-state index in [2.05, 4.69) is 16.0 Å². The van der Waals surface area contributed by atoms with Gasteiger partial charge in [0.2, 0.25) is 5.91 Å². The number of hydrogen-bond acceptors (Lipinski definition) is 3. The quantitative estimate of drug-likeness (QED) is 0.400. The summed E-state index contributed by atoms with van der Waals surface area (Å²) in [6.45, 7) is 1.27. The van der Waals surface area contributed by atoms with Crippen LogP contribution >= 0.6 is 0 Å². The number of rotatable bonds is 6. The van der Waals surface area contributed by atoms with Crippen LogP contribution in [0.3, 0.4) is 0 Å². The lowest BCUT2D eigenvalue weighted by Gasteiger charge is -2.16. The number of amides is 3. The molecule has 0 spiro atoms. The maximum Gasteiger partial charge on any atom is 0.312 e. The third-order valence-electron chi connectivity index (χ3n) is 3.11. The molecular formula is C12H24N4O2. The van der Waals surface area contributed by atoms with Crippen molar-refractivity contribution in [2.75, 3.05) is 19.6 Å². The third-order valence-corrected chi connectivity index (χ3v) is 3.11. The van der Waals surface area contributed by atoms with Gasteiger partial charge in [-0.3, -0.25) is 4.79 Å². The number of urea groups is 1. The Labute approximate surface area is 108 Å². The summed E-state index contributed by atoms with van der Waals surface area (Å²) in [6.07, 6.45) is 7.17. The fourth-order valence-corrected chi connectivity index (χ4v) is 2.18. The van der Waals surface area contributed by atoms with Gasteiger partial charge in [0.1, 0.15) is 0 Å². The summed E-state index contributed by atoms with van der Waals surface area (Å²) >= 11 is 0. The molecule has 0 bridgehead atoms. The van der Waals surface area contributed by atoms with Crippen molar-refractivity contribution in [3.63, 3.8) is 0 Å². The molecule has 1 fully saturated rings. The van der Waals surface area contributed by atoms with E-state index in [1.165, 1.54) is 25.7 Å². The van der Waals surface area contributed by atoms with Gasteiger partial charge in [0.15, 0.2) is 0 Å². The molecule has 0 atom stereocenters. The van der Waals surface area contributed by atoms with E-state index in [9.17, 15) is 9.59 Å². The number of primary amides is 1. The molecule has 0 unspecified atom stereocenters. The molecule has 3 amide bonds. The highest BCUT2D eigenvalue weighted by molar-refractivity contribution is 5.78. The maximum atomic E-state index is 11.6. The molecule has 5 N–H and O–H groups in total. The van der Waals surface area contributed by atoms with Gasteiger partial charge in [-0.2, -0.15) is 0 Å². The first-order chi connectivity index (χ1) is 8.68. The van der Waals surface area contributed by atoms with E-state index in [4.69, 9.17) is 5.73 Å². The van der Waals surface area contributed by atoms with Crippen LogP contribution in [0.15, 0.2) is 0 Å². The Bertz CT molecular complexity index is 263. The minimum Gasteiger partial charge on any atom is -0.352 e. The molecule has 0 radical (unpaired) electrons. The largest absolute Gasteiger partial charge is 0.352 e. The van der Waals surface area contributed by atoms with Crippen molar-refractivity contribution in [2.24, 2.45) is 5.73 Å². The van der Waals surface area contributed by atoms with Crippen molar-refractivity contribution in [3.8, 4) is 0 Å². The predicted octanol–water partition coefficient (Wildman–Crippen LogP) is 0.0833. The monoisotopic (exact) mass is 256 g/mol. The fraction of sp³-hybridized carbons (Fsp3) is 0.833. The minimum absolute atomic E-state index is 0.0287. The summed E-state index contributed by atoms with van der Waals surface area (Å²) in [4.78, 5) is 22.0. The minimum atomic E-state index is -0.542. The number of carbonyl (C=O) groups excluding carboxylic acids is 2. The van der Waals surface area contributed by atoms with Crippen LogP contribution in [0.25, 0.3) is 0 Å². The van der Waals surface area contributed by atoms with Gasteiger partial charge in [-0.1, -0.05) is 25.7 Å². The smallest absolute Gasteiger partial charge is 0.312 e. The van der Waals surface area contributed by atoms with Crippen LogP contribution < -0.4 is 21.7 Å². The first-order valence-electron chi connectivity index (χ1n) is 6.72. The Morgan fingerprint density at radius 2 is 1.72 bits per heavy atom. The standard InChI is InChI=1S/C12H24N4O2/c13-12(18)15-8-7-14-9-11(17)16-10-5-3-1-2-4-6-10/h10,14H,1-9H2,(H,16,17)(H3,13,15,18). The van der Waals surface area contributed by atoms with Gasteiger partial charge < -0.3 is 21.7 Å². The lowest BCUT2D eigenvalue weighted by atomic mass is 10.1. The van der Waals surface area contributed by atoms with Crippen LogP contribution in [0.1, 0.15) is 38.5 Å². The molecule has 0 aromatic heterocycles. The topological polar surface area (TPSA) is 96.2 Å². The van der Waals surface area contributed by atoms with Crippen molar-refractivity contribution in [3.05, 3.63) is 0 Å². The van der Waals surface area contributed by atoms with Crippen molar-refractivity contribution >= 4 is 11.9 Å². The van der Waals surface area contributed by atoms with Gasteiger partial charge in [-0.15, -0.1) is 0 Å². The van der Waals surface area contributed by atoms with Crippen LogP contribution in [0.5, 0.6) is 0 Å². The molecule has 1 aliphatic rings. The number of hydrogen-bond donors (Lipinski definition) is 4. The van der Waals surface area contributed by atoms with Gasteiger partial charge in [-0.25, -0.2) is 4.79 Å². The predicted molar refractivity (Wildman–Crippen MR) is 70.1 cm³/mol. The van der Waals surface area contributed by atoms with Crippen LogP contribution in [-0.2, 0) is 4.79 Å². The second-order valence-electron chi connectivity index (χ2n) is 4.72. The highest BCUT2D eigenvalue weighted by Gasteiger charge is 2.13. The maximum absolute atomic E-state index is 11.6. The Morgan fingerprint density at radius 1 is 1.06 bits per heavy atom. The normalized spacial score (nSPS) is 16.9. The Balaban J connectivity index is 2.03. The Kier molecular flexibility index (Phi) is 7.17. The van der Waals surface area contributed by atoms with Crippen molar-refractivity contribution < 1.29 is 9.59 Å². The average molecular weight is 256 g/mol. The zero-order chi connectivity index (χ0) is 13.2. The first-order valence-corrected chi connectivity index (χ1v) is 6.72. The molecule has 0 aromatic rings. The Hall–Kier alpha value is -1.30. The lowest BCUT2D eigenvalue weighted by molar-refractivity contribution is -0.121. The lowest BCUT2D eigenvalue weighted by Crippen LogP contribution is -2.42. The molecule has 1 aliphatic carbocycles. The number of nitrogens with two attached hydrogens (primary N) is 1. The highest BCUT2D eigenvalue weighted by Crippen LogP contribution is 2.16. The number of nitrogens with one attached hydrogen (secondary N) is 3. The fourth-order valence-electron chi connectivity index (χ4n) is 2.18. The highest BCUT2D eigenvalue weighted by atomic mass is 16.2. The molecule has 18 heavy (non-hydrogen) atoms. The van der Waals surface area contributed by atoms with E-state index in [0.717, 1.165) is 12.8 Å². The third kappa shape index (κ3) is 7.11. The van der Waals surface area contributed by atoms with Crippen molar-refractivity contribution in [1.29, 1.82) is 0 Å². The zero-order valence-corrected chi connectivity index (χ0v) is 10.8. The summed E-state index contributed by atoms with van der Waals surface area (Å²) in [5.41, 5.74) is 4.92. The van der Waals surface area contributed by atoms with Crippen molar-refractivity contribution in [1.82, 2.24) is 16.0 Å². The summed E-state index contributed by atoms with van der Waals surface area (Å²) < 4.78 is 0. The van der Waals surface area contributed by atoms with Crippen molar-refractivity contribution in [2.45, 2.75) is 44.6 Å². The van der Waals surface area contributed by atoms with Gasteiger partial charge in [0.05, 0.1) is 6.54 Å². The molecule has 104 valence electrons. The molecule has 0 aliphatic heterocycles. The van der Waals surface area contributed by atoms with E-state index in [1.807, 2.05) is 0 Å². The second-order valence-corrected chi connectivity index (χ2v) is 4.72. The van der Waals surface area contributed by atoms with Gasteiger partial charge in [-0.05, 0) is 12.8 Å². The molecule has 0 saturated heterocycles. The average Bonchev–Trinajstić information content (AvgIpc) is 2.56. The summed E-state index contributed by atoms with van der Waals surface area (Å²) in [6, 6.07) is -0.203. The van der Waals surface area contributed by atoms with E-state index in [-0.39, 0.29) is 12.5 Å². The first kappa shape index (κ1) is 14.8. The second kappa shape index (κ2) is 8.74. The van der Waals surface area contributed by atoms with Crippen LogP contribution in [0.2, 0.25) is 0 Å². The summed E-state index contributed by atoms with van der Waals surface area (Å²) in [5, 5.41) is 8.46. The van der Waals surface area contributed by atoms with Gasteiger partial charge >= 0.3 is 6.03 Å². The molecule has 1 rings (SSSR count). The Morgan fingerprint density at radius 3 is 2.33 bits per heavy atom. The molecular weight excluding hydrogens is 232 g/mol. The van der Waals surface area contributed by atoms with E-state index >= 15 is 0 Å². The summed E-state index contributed by atoms with van der Waals surface area (Å²) in [5.74, 6) is 0.0287. The van der Waals surface area contributed by atoms with Gasteiger partial charge in [0.25, 0.3) is 0 Å². The SMILES string of the molecule is NC(=O)NCCNCC(=O)NC1CCCCCC1. The van der Waals surface area contributed by atoms with Gasteiger partial charge in [0, 0.05) is 19.1 Å². The number of carbonyl (C=O) groups is 2. The van der Waals surface area contributed by atoms with E-state index < -0.39 is 6.03 Å². The summed E-state index contributed by atoms with van der Waals surface area (Å²) in [7, 11) is 0. The van der Waals surface area contributed by atoms with E-state index in [1.54, 1.807) is 0 Å². The van der Waals surface area contributed by atoms with Crippen LogP contribution in [-0.4, -0.2) is 37.6 Å². The zero-order valence-electron chi connectivity index (χ0n) is 10.8. The molecule has 0 aromatic carbocycles. The molecule has 6 nitrogen and oxygen atoms in total. The molecule has 6 heteroatoms. The van der Waals surface area contributed by atoms with Crippen LogP contribution in [0.4, 0.5) is 4.79 Å².